The molecule has 4 rings (SSSR count). The molecule has 0 bridgehead atoms. The molecule has 1 fully saturated rings. The molecule has 0 amide bonds. The van der Waals surface area contributed by atoms with Gasteiger partial charge in [0.1, 0.15) is 5.60 Å². The van der Waals surface area contributed by atoms with E-state index in [1.807, 2.05) is 36.4 Å². The third-order valence-electron chi connectivity index (χ3n) is 5.84. The molecule has 3 heteroatoms. The van der Waals surface area contributed by atoms with E-state index in [1.54, 1.807) is 0 Å². The van der Waals surface area contributed by atoms with Crippen molar-refractivity contribution in [3.8, 4) is 0 Å². The minimum atomic E-state index is -0.592. The second-order valence-electron chi connectivity index (χ2n) is 7.87. The Balaban J connectivity index is 1.70. The highest BCUT2D eigenvalue weighted by atomic mass is 16.6. The van der Waals surface area contributed by atoms with E-state index in [0.29, 0.717) is 5.56 Å². The smallest absolute Gasteiger partial charge is 0.339 e. The number of rotatable bonds is 5. The van der Waals surface area contributed by atoms with Crippen molar-refractivity contribution >= 4 is 5.97 Å². The quantitative estimate of drug-likeness (QED) is 0.575. The van der Waals surface area contributed by atoms with Gasteiger partial charge in [-0.25, -0.2) is 4.79 Å². The van der Waals surface area contributed by atoms with Gasteiger partial charge in [0.05, 0.1) is 5.56 Å². The lowest BCUT2D eigenvalue weighted by atomic mass is 9.80. The van der Waals surface area contributed by atoms with E-state index in [2.05, 4.69) is 60.5 Å². The molecule has 3 aromatic carbocycles. The minimum Gasteiger partial charge on any atom is -0.450 e. The molecule has 0 unspecified atom stereocenters. The number of likely N-dealkylation sites (tertiary alicyclic amines) is 1. The van der Waals surface area contributed by atoms with Gasteiger partial charge in [0.2, 0.25) is 0 Å². The molecule has 148 valence electrons. The van der Waals surface area contributed by atoms with Crippen LogP contribution in [0.5, 0.6) is 0 Å². The second-order valence-corrected chi connectivity index (χ2v) is 7.87. The van der Waals surface area contributed by atoms with Gasteiger partial charge in [-0.2, -0.15) is 0 Å². The van der Waals surface area contributed by atoms with Crippen LogP contribution >= 0.6 is 0 Å². The van der Waals surface area contributed by atoms with Gasteiger partial charge in [-0.05, 0) is 42.3 Å². The first-order valence-electron chi connectivity index (χ1n) is 10.3. The zero-order valence-electron chi connectivity index (χ0n) is 16.9. The third-order valence-corrected chi connectivity index (χ3v) is 5.84. The first-order valence-corrected chi connectivity index (χ1v) is 10.3. The van der Waals surface area contributed by atoms with Gasteiger partial charge in [0, 0.05) is 25.9 Å². The summed E-state index contributed by atoms with van der Waals surface area (Å²) in [6.45, 7) is 1.81. The molecule has 0 aromatic heterocycles. The van der Waals surface area contributed by atoms with Crippen LogP contribution < -0.4 is 0 Å². The van der Waals surface area contributed by atoms with Gasteiger partial charge in [0.15, 0.2) is 0 Å². The standard InChI is InChI=1S/C26H27NO2/c1-27-18-16-26(17-19-27,29-25(28)22-12-6-3-7-13-22)24-15-9-8-14-23(24)20-21-10-4-2-5-11-21/h2-15H,16-20H2,1H3. The van der Waals surface area contributed by atoms with Crippen LogP contribution in [0.3, 0.4) is 0 Å². The van der Waals surface area contributed by atoms with Crippen LogP contribution in [0.4, 0.5) is 0 Å². The van der Waals surface area contributed by atoms with Crippen molar-refractivity contribution < 1.29 is 9.53 Å². The zero-order valence-corrected chi connectivity index (χ0v) is 16.9. The van der Waals surface area contributed by atoms with Crippen molar-refractivity contribution in [1.29, 1.82) is 0 Å². The van der Waals surface area contributed by atoms with Crippen molar-refractivity contribution in [2.45, 2.75) is 24.9 Å². The number of piperidine rings is 1. The van der Waals surface area contributed by atoms with Crippen LogP contribution in [-0.4, -0.2) is 31.0 Å². The summed E-state index contributed by atoms with van der Waals surface area (Å²) in [6, 6.07) is 28.2. The molecule has 29 heavy (non-hydrogen) atoms. The molecule has 3 aromatic rings. The third kappa shape index (κ3) is 4.41. The number of nitrogens with zero attached hydrogens (tertiary/aromatic N) is 1. The lowest BCUT2D eigenvalue weighted by molar-refractivity contribution is -0.0527. The highest BCUT2D eigenvalue weighted by molar-refractivity contribution is 5.89. The summed E-state index contributed by atoms with van der Waals surface area (Å²) < 4.78 is 6.31. The van der Waals surface area contributed by atoms with E-state index in [4.69, 9.17) is 4.74 Å². The minimum absolute atomic E-state index is 0.246. The van der Waals surface area contributed by atoms with Gasteiger partial charge in [0.25, 0.3) is 0 Å². The SMILES string of the molecule is CN1CCC(OC(=O)c2ccccc2)(c2ccccc2Cc2ccccc2)CC1. The van der Waals surface area contributed by atoms with E-state index < -0.39 is 5.60 Å². The molecule has 0 N–H and O–H groups in total. The fraction of sp³-hybridized carbons (Fsp3) is 0.269. The molecule has 0 aliphatic carbocycles. The summed E-state index contributed by atoms with van der Waals surface area (Å²) in [6.07, 6.45) is 2.43. The molecular formula is C26H27NO2. The summed E-state index contributed by atoms with van der Waals surface area (Å²) in [5.74, 6) is -0.246. The van der Waals surface area contributed by atoms with E-state index in [0.717, 1.165) is 37.9 Å². The maximum Gasteiger partial charge on any atom is 0.339 e. The Morgan fingerprint density at radius 3 is 2.14 bits per heavy atom. The van der Waals surface area contributed by atoms with Crippen molar-refractivity contribution in [3.05, 3.63) is 107 Å². The van der Waals surface area contributed by atoms with E-state index >= 15 is 0 Å². The maximum absolute atomic E-state index is 13.0. The Morgan fingerprint density at radius 1 is 0.862 bits per heavy atom. The highest BCUT2D eigenvalue weighted by Gasteiger charge is 2.40. The first-order chi connectivity index (χ1) is 14.2. The number of ether oxygens (including phenoxy) is 1. The van der Waals surface area contributed by atoms with Crippen LogP contribution in [0.2, 0.25) is 0 Å². The Kier molecular flexibility index (Phi) is 5.77. The van der Waals surface area contributed by atoms with Gasteiger partial charge < -0.3 is 9.64 Å². The molecule has 0 radical (unpaired) electrons. The number of benzene rings is 3. The Bertz CT molecular complexity index is 945. The molecule has 1 heterocycles. The van der Waals surface area contributed by atoms with Gasteiger partial charge in [-0.3, -0.25) is 0 Å². The molecular weight excluding hydrogens is 358 g/mol. The monoisotopic (exact) mass is 385 g/mol. The number of carbonyl (C=O) groups excluding carboxylic acids is 1. The molecule has 3 nitrogen and oxygen atoms in total. The average molecular weight is 386 g/mol. The lowest BCUT2D eigenvalue weighted by Crippen LogP contribution is -2.44. The zero-order chi connectivity index (χ0) is 20.1. The first kappa shape index (κ1) is 19.4. The van der Waals surface area contributed by atoms with E-state index in [9.17, 15) is 4.79 Å². The predicted octanol–water partition coefficient (Wildman–Crippen LogP) is 5.06. The summed E-state index contributed by atoms with van der Waals surface area (Å²) in [5.41, 5.74) is 3.64. The maximum atomic E-state index is 13.0. The van der Waals surface area contributed by atoms with Crippen LogP contribution in [0.25, 0.3) is 0 Å². The molecule has 1 aliphatic heterocycles. The summed E-state index contributed by atoms with van der Waals surface area (Å²) in [5, 5.41) is 0. The number of hydrogen-bond acceptors (Lipinski definition) is 3. The van der Waals surface area contributed by atoms with Crippen LogP contribution in [-0.2, 0) is 16.8 Å². The Labute approximate surface area is 172 Å². The van der Waals surface area contributed by atoms with E-state index in [1.165, 1.54) is 11.1 Å². The normalized spacial score (nSPS) is 16.3. The Hall–Kier alpha value is -2.91. The van der Waals surface area contributed by atoms with Crippen molar-refractivity contribution in [1.82, 2.24) is 4.90 Å². The van der Waals surface area contributed by atoms with Crippen molar-refractivity contribution in [2.75, 3.05) is 20.1 Å². The summed E-state index contributed by atoms with van der Waals surface area (Å²) >= 11 is 0. The highest BCUT2D eigenvalue weighted by Crippen LogP contribution is 2.39. The van der Waals surface area contributed by atoms with Crippen LogP contribution in [0, 0.1) is 0 Å². The molecule has 1 saturated heterocycles. The van der Waals surface area contributed by atoms with Crippen molar-refractivity contribution in [3.63, 3.8) is 0 Å². The van der Waals surface area contributed by atoms with Gasteiger partial charge in [-0.15, -0.1) is 0 Å². The van der Waals surface area contributed by atoms with Crippen LogP contribution in [0.1, 0.15) is 39.9 Å². The molecule has 0 saturated carbocycles. The topological polar surface area (TPSA) is 29.5 Å². The summed E-state index contributed by atoms with van der Waals surface area (Å²) in [4.78, 5) is 15.3. The number of esters is 1. The Morgan fingerprint density at radius 2 is 1.45 bits per heavy atom. The molecule has 1 aliphatic rings. The fourth-order valence-electron chi connectivity index (χ4n) is 4.15. The van der Waals surface area contributed by atoms with Gasteiger partial charge in [-0.1, -0.05) is 72.8 Å². The van der Waals surface area contributed by atoms with Crippen molar-refractivity contribution in [2.24, 2.45) is 0 Å². The predicted molar refractivity (Wildman–Crippen MR) is 116 cm³/mol. The average Bonchev–Trinajstić information content (AvgIpc) is 2.77. The molecule has 0 spiro atoms. The second kappa shape index (κ2) is 8.62. The number of carbonyl (C=O) groups is 1. The van der Waals surface area contributed by atoms with Crippen LogP contribution in [0.15, 0.2) is 84.9 Å². The lowest BCUT2D eigenvalue weighted by Gasteiger charge is -2.41. The van der Waals surface area contributed by atoms with E-state index in [-0.39, 0.29) is 5.97 Å². The fourth-order valence-corrected chi connectivity index (χ4v) is 4.15. The summed E-state index contributed by atoms with van der Waals surface area (Å²) in [7, 11) is 2.12. The largest absolute Gasteiger partial charge is 0.450 e. The number of hydrogen-bond donors (Lipinski definition) is 0. The molecule has 0 atom stereocenters. The van der Waals surface area contributed by atoms with Gasteiger partial charge >= 0.3 is 5.97 Å².